The topological polar surface area (TPSA) is 6.48 Å². The molecule has 55 heavy (non-hydrogen) atoms. The highest BCUT2D eigenvalue weighted by Gasteiger charge is 2.38. The summed E-state index contributed by atoms with van der Waals surface area (Å²) in [7, 11) is 0. The monoisotopic (exact) mass is 704 g/mol. The minimum atomic E-state index is -0.210. The van der Waals surface area contributed by atoms with Gasteiger partial charge >= 0.3 is 0 Å². The van der Waals surface area contributed by atoms with Gasteiger partial charge in [-0.15, -0.1) is 0 Å². The first-order valence-electron chi connectivity index (χ1n) is 19.1. The molecule has 0 saturated carbocycles. The number of fused-ring (bicyclic) bond motifs is 4. The van der Waals surface area contributed by atoms with Crippen LogP contribution in [0.3, 0.4) is 0 Å². The largest absolute Gasteiger partial charge is 0.310 e. The van der Waals surface area contributed by atoms with Gasteiger partial charge in [-0.25, -0.2) is 0 Å². The fourth-order valence-electron chi connectivity index (χ4n) is 8.72. The molecule has 0 N–H and O–H groups in total. The lowest BCUT2D eigenvalue weighted by Gasteiger charge is -2.43. The molecule has 10 rings (SSSR count). The lowest BCUT2D eigenvalue weighted by molar-refractivity contribution is 0.632. The minimum absolute atomic E-state index is 0.210. The summed E-state index contributed by atoms with van der Waals surface area (Å²) in [6, 6.07) is 75.2. The second-order valence-electron chi connectivity index (χ2n) is 15.0. The highest BCUT2D eigenvalue weighted by atomic mass is 15.2. The summed E-state index contributed by atoms with van der Waals surface area (Å²) in [6.07, 6.45) is 0. The Kier molecular flexibility index (Phi) is 7.85. The minimum Gasteiger partial charge on any atom is -0.310 e. The van der Waals surface area contributed by atoms with E-state index >= 15 is 0 Å². The highest BCUT2D eigenvalue weighted by molar-refractivity contribution is 6.08. The van der Waals surface area contributed by atoms with Crippen molar-refractivity contribution in [2.45, 2.75) is 19.3 Å². The maximum Gasteiger partial charge on any atom is 0.0618 e. The van der Waals surface area contributed by atoms with Crippen LogP contribution in [0.4, 0.5) is 34.1 Å². The molecule has 0 atom stereocenters. The first-order valence-corrected chi connectivity index (χ1v) is 19.1. The summed E-state index contributed by atoms with van der Waals surface area (Å²) >= 11 is 0. The molecule has 9 aromatic carbocycles. The third-order valence-corrected chi connectivity index (χ3v) is 11.4. The molecule has 0 bridgehead atoms. The fourth-order valence-corrected chi connectivity index (χ4v) is 8.72. The van der Waals surface area contributed by atoms with Crippen LogP contribution in [0.2, 0.25) is 0 Å². The Morgan fingerprint density at radius 2 is 0.982 bits per heavy atom. The van der Waals surface area contributed by atoms with Gasteiger partial charge in [0.25, 0.3) is 0 Å². The van der Waals surface area contributed by atoms with Crippen LogP contribution >= 0.6 is 0 Å². The van der Waals surface area contributed by atoms with Gasteiger partial charge in [0.15, 0.2) is 0 Å². The number of para-hydroxylation sites is 2. The molecule has 0 unspecified atom stereocenters. The molecule has 2 nitrogen and oxygen atoms in total. The zero-order valence-electron chi connectivity index (χ0n) is 31.0. The Morgan fingerprint density at radius 3 is 1.80 bits per heavy atom. The van der Waals surface area contributed by atoms with Gasteiger partial charge < -0.3 is 9.80 Å². The van der Waals surface area contributed by atoms with Gasteiger partial charge in [-0.2, -0.15) is 0 Å². The molecule has 2 heteroatoms. The van der Waals surface area contributed by atoms with Crippen LogP contribution in [-0.2, 0) is 5.41 Å². The average molecular weight is 705 g/mol. The van der Waals surface area contributed by atoms with E-state index in [0.29, 0.717) is 0 Å². The predicted octanol–water partition coefficient (Wildman–Crippen LogP) is 14.9. The second-order valence-corrected chi connectivity index (χ2v) is 15.0. The predicted molar refractivity (Wildman–Crippen MR) is 234 cm³/mol. The van der Waals surface area contributed by atoms with E-state index in [4.69, 9.17) is 0 Å². The maximum atomic E-state index is 2.54. The van der Waals surface area contributed by atoms with Gasteiger partial charge in [0.05, 0.1) is 22.7 Å². The van der Waals surface area contributed by atoms with E-state index in [1.54, 1.807) is 0 Å². The number of rotatable bonds is 6. The molecule has 0 aromatic heterocycles. The van der Waals surface area contributed by atoms with Gasteiger partial charge in [0, 0.05) is 33.1 Å². The lowest BCUT2D eigenvalue weighted by atomic mass is 9.73. The molecule has 9 aromatic rings. The third kappa shape index (κ3) is 5.49. The van der Waals surface area contributed by atoms with E-state index < -0.39 is 0 Å². The summed E-state index contributed by atoms with van der Waals surface area (Å²) < 4.78 is 0. The Labute approximate surface area is 323 Å². The molecular weight excluding hydrogens is 665 g/mol. The van der Waals surface area contributed by atoms with Crippen molar-refractivity contribution in [3.8, 4) is 22.3 Å². The van der Waals surface area contributed by atoms with Crippen LogP contribution in [-0.4, -0.2) is 0 Å². The Bertz CT molecular complexity index is 2850. The van der Waals surface area contributed by atoms with E-state index in [9.17, 15) is 0 Å². The van der Waals surface area contributed by atoms with Gasteiger partial charge in [-0.1, -0.05) is 178 Å². The molecule has 0 saturated heterocycles. The van der Waals surface area contributed by atoms with Crippen molar-refractivity contribution in [2.75, 3.05) is 9.80 Å². The van der Waals surface area contributed by atoms with Gasteiger partial charge in [-0.05, 0) is 81.1 Å². The van der Waals surface area contributed by atoms with E-state index in [1.165, 1.54) is 72.0 Å². The summed E-state index contributed by atoms with van der Waals surface area (Å²) in [5, 5.41) is 4.89. The molecule has 0 aliphatic carbocycles. The summed E-state index contributed by atoms with van der Waals surface area (Å²) in [4.78, 5) is 4.93. The van der Waals surface area contributed by atoms with Crippen molar-refractivity contribution in [3.63, 3.8) is 0 Å². The lowest BCUT2D eigenvalue weighted by Crippen LogP contribution is -2.31. The van der Waals surface area contributed by atoms with Crippen molar-refractivity contribution in [1.82, 2.24) is 0 Å². The number of benzene rings is 9. The number of hydrogen-bond acceptors (Lipinski definition) is 2. The quantitative estimate of drug-likeness (QED) is 0.170. The van der Waals surface area contributed by atoms with Crippen LogP contribution in [0.1, 0.15) is 25.0 Å². The van der Waals surface area contributed by atoms with Gasteiger partial charge in [0.1, 0.15) is 0 Å². The van der Waals surface area contributed by atoms with Crippen molar-refractivity contribution in [2.24, 2.45) is 0 Å². The van der Waals surface area contributed by atoms with E-state index in [0.717, 1.165) is 17.1 Å². The molecule has 1 aliphatic heterocycles. The Balaban J connectivity index is 1.19. The molecule has 0 fully saturated rings. The number of anilines is 6. The van der Waals surface area contributed by atoms with Crippen molar-refractivity contribution >= 4 is 55.7 Å². The van der Waals surface area contributed by atoms with E-state index in [2.05, 4.69) is 230 Å². The smallest absolute Gasteiger partial charge is 0.0618 e. The maximum absolute atomic E-state index is 2.54. The Morgan fingerprint density at radius 1 is 0.400 bits per heavy atom. The first-order chi connectivity index (χ1) is 27.1. The second kappa shape index (κ2) is 13.2. The summed E-state index contributed by atoms with van der Waals surface area (Å²) in [6.45, 7) is 4.73. The first kappa shape index (κ1) is 32.7. The fraction of sp³-hybridized carbons (Fsp3) is 0.0566. The molecule has 1 heterocycles. The van der Waals surface area contributed by atoms with Crippen LogP contribution in [0.5, 0.6) is 0 Å². The van der Waals surface area contributed by atoms with Crippen LogP contribution in [0.25, 0.3) is 43.8 Å². The molecule has 0 amide bonds. The number of hydrogen-bond donors (Lipinski definition) is 0. The molecule has 0 spiro atoms. The van der Waals surface area contributed by atoms with Crippen LogP contribution < -0.4 is 9.80 Å². The van der Waals surface area contributed by atoms with Gasteiger partial charge in [-0.3, -0.25) is 0 Å². The van der Waals surface area contributed by atoms with Crippen LogP contribution in [0.15, 0.2) is 206 Å². The summed E-state index contributed by atoms with van der Waals surface area (Å²) in [5.41, 5.74) is 14.2. The zero-order chi connectivity index (χ0) is 36.9. The molecule has 262 valence electrons. The van der Waals surface area contributed by atoms with E-state index in [1.807, 2.05) is 0 Å². The Hall–Kier alpha value is -6.90. The molecule has 1 aliphatic rings. The standard InChI is InChI=1S/C53H40N2/c1-53(2)47-28-13-14-29-50(47)55(52-45-27-12-10-20-39(45)31-33-46(52)38-17-5-3-6-18-38)51-36-41(32-34-48(51)53)40-22-15-25-43(35-40)54(42-23-7-4-8-24-42)49-30-16-21-37-19-9-11-26-44(37)49/h3-36H,1-2H3. The average Bonchev–Trinajstić information content (AvgIpc) is 3.25. The van der Waals surface area contributed by atoms with Crippen LogP contribution in [0, 0.1) is 0 Å². The summed E-state index contributed by atoms with van der Waals surface area (Å²) in [5.74, 6) is 0. The normalized spacial score (nSPS) is 13.0. The highest BCUT2D eigenvalue weighted by Crippen LogP contribution is 2.55. The molecular formula is C53H40N2. The SMILES string of the molecule is CC1(C)c2ccccc2N(c2c(-c3ccccc3)ccc3ccccc23)c2cc(-c3cccc(N(c4ccccc4)c4cccc5ccccc45)c3)ccc21. The zero-order valence-corrected chi connectivity index (χ0v) is 31.0. The van der Waals surface area contributed by atoms with Crippen molar-refractivity contribution in [3.05, 3.63) is 217 Å². The third-order valence-electron chi connectivity index (χ3n) is 11.4. The van der Waals surface area contributed by atoms with Gasteiger partial charge in [0.2, 0.25) is 0 Å². The van der Waals surface area contributed by atoms with E-state index in [-0.39, 0.29) is 5.41 Å². The van der Waals surface area contributed by atoms with Crippen molar-refractivity contribution in [1.29, 1.82) is 0 Å². The number of nitrogens with zero attached hydrogens (tertiary/aromatic N) is 2. The molecule has 0 radical (unpaired) electrons. The van der Waals surface area contributed by atoms with Crippen molar-refractivity contribution < 1.29 is 0 Å².